The highest BCUT2D eigenvalue weighted by Gasteiger charge is 2.15. The van der Waals surface area contributed by atoms with Crippen LogP contribution >= 0.6 is 0 Å². The van der Waals surface area contributed by atoms with Crippen LogP contribution in [0.1, 0.15) is 12.5 Å². The van der Waals surface area contributed by atoms with Crippen molar-refractivity contribution in [2.75, 3.05) is 17.1 Å². The third kappa shape index (κ3) is 2.52. The van der Waals surface area contributed by atoms with Crippen LogP contribution in [-0.2, 0) is 10.0 Å². The molecule has 0 atom stereocenters. The van der Waals surface area contributed by atoms with E-state index in [0.29, 0.717) is 11.3 Å². The SMILES string of the molecule is CCS(=O)(=O)N(C)c1cccc(C(=N)N)c1. The first-order valence-corrected chi connectivity index (χ1v) is 6.40. The number of nitrogens with zero attached hydrogens (tertiary/aromatic N) is 1. The molecule has 88 valence electrons. The van der Waals surface area contributed by atoms with Crippen molar-refractivity contribution in [2.24, 2.45) is 5.73 Å². The number of nitrogen functional groups attached to an aromatic ring is 1. The Morgan fingerprint density at radius 1 is 1.50 bits per heavy atom. The second-order valence-electron chi connectivity index (χ2n) is 3.33. The maximum absolute atomic E-state index is 11.6. The van der Waals surface area contributed by atoms with E-state index in [1.807, 2.05) is 0 Å². The highest BCUT2D eigenvalue weighted by atomic mass is 32.2. The molecule has 1 aromatic rings. The monoisotopic (exact) mass is 241 g/mol. The van der Waals surface area contributed by atoms with Gasteiger partial charge in [-0.2, -0.15) is 0 Å². The molecule has 0 aliphatic rings. The van der Waals surface area contributed by atoms with Gasteiger partial charge < -0.3 is 5.73 Å². The third-order valence-electron chi connectivity index (χ3n) is 2.30. The molecule has 0 aromatic heterocycles. The number of amidine groups is 1. The molecule has 0 aliphatic carbocycles. The maximum atomic E-state index is 11.6. The van der Waals surface area contributed by atoms with Gasteiger partial charge in [-0.05, 0) is 19.1 Å². The van der Waals surface area contributed by atoms with E-state index >= 15 is 0 Å². The number of hydrogen-bond donors (Lipinski definition) is 2. The summed E-state index contributed by atoms with van der Waals surface area (Å²) in [7, 11) is -1.79. The normalized spacial score (nSPS) is 11.1. The Kier molecular flexibility index (Phi) is 3.54. The Morgan fingerprint density at radius 2 is 2.12 bits per heavy atom. The quantitative estimate of drug-likeness (QED) is 0.602. The smallest absolute Gasteiger partial charge is 0.234 e. The molecule has 0 bridgehead atoms. The third-order valence-corrected chi connectivity index (χ3v) is 4.08. The maximum Gasteiger partial charge on any atom is 0.234 e. The first-order valence-electron chi connectivity index (χ1n) is 4.79. The summed E-state index contributed by atoms with van der Waals surface area (Å²) in [6.45, 7) is 1.58. The molecule has 0 fully saturated rings. The molecular formula is C10H15N3O2S. The van der Waals surface area contributed by atoms with Gasteiger partial charge in [0.25, 0.3) is 0 Å². The largest absolute Gasteiger partial charge is 0.384 e. The number of rotatable bonds is 4. The van der Waals surface area contributed by atoms with Crippen LogP contribution in [0.25, 0.3) is 0 Å². The van der Waals surface area contributed by atoms with E-state index in [2.05, 4.69) is 0 Å². The van der Waals surface area contributed by atoms with Gasteiger partial charge in [-0.1, -0.05) is 12.1 Å². The Hall–Kier alpha value is -1.56. The molecule has 1 aromatic carbocycles. The molecule has 0 aliphatic heterocycles. The number of anilines is 1. The topological polar surface area (TPSA) is 87.2 Å². The summed E-state index contributed by atoms with van der Waals surface area (Å²) in [5, 5.41) is 7.28. The molecule has 0 saturated heterocycles. The first-order chi connectivity index (χ1) is 7.38. The summed E-state index contributed by atoms with van der Waals surface area (Å²) in [5.74, 6) is -0.0440. The van der Waals surface area contributed by atoms with Crippen molar-refractivity contribution in [2.45, 2.75) is 6.92 Å². The van der Waals surface area contributed by atoms with Gasteiger partial charge in [-0.3, -0.25) is 9.71 Å². The second kappa shape index (κ2) is 4.52. The fourth-order valence-electron chi connectivity index (χ4n) is 1.22. The van der Waals surface area contributed by atoms with Crippen molar-refractivity contribution >= 4 is 21.5 Å². The average molecular weight is 241 g/mol. The van der Waals surface area contributed by atoms with Crippen LogP contribution < -0.4 is 10.0 Å². The van der Waals surface area contributed by atoms with Crippen molar-refractivity contribution in [3.63, 3.8) is 0 Å². The summed E-state index contributed by atoms with van der Waals surface area (Å²) in [6, 6.07) is 6.58. The van der Waals surface area contributed by atoms with Gasteiger partial charge in [-0.25, -0.2) is 8.42 Å². The van der Waals surface area contributed by atoms with Gasteiger partial charge in [0.05, 0.1) is 11.4 Å². The van der Waals surface area contributed by atoms with Crippen LogP contribution in [-0.4, -0.2) is 27.1 Å². The molecule has 3 N–H and O–H groups in total. The van der Waals surface area contributed by atoms with Crippen LogP contribution in [0, 0.1) is 5.41 Å². The Balaban J connectivity index is 3.15. The molecule has 16 heavy (non-hydrogen) atoms. The molecule has 0 unspecified atom stereocenters. The highest BCUT2D eigenvalue weighted by molar-refractivity contribution is 7.92. The highest BCUT2D eigenvalue weighted by Crippen LogP contribution is 2.17. The van der Waals surface area contributed by atoms with Gasteiger partial charge >= 0.3 is 0 Å². The van der Waals surface area contributed by atoms with Crippen LogP contribution in [0.15, 0.2) is 24.3 Å². The molecule has 1 rings (SSSR count). The van der Waals surface area contributed by atoms with Crippen molar-refractivity contribution in [3.05, 3.63) is 29.8 Å². The van der Waals surface area contributed by atoms with Gasteiger partial charge in [-0.15, -0.1) is 0 Å². The van der Waals surface area contributed by atoms with E-state index in [-0.39, 0.29) is 11.6 Å². The summed E-state index contributed by atoms with van der Waals surface area (Å²) in [5.41, 5.74) is 6.36. The lowest BCUT2D eigenvalue weighted by atomic mass is 10.2. The number of benzene rings is 1. The molecule has 0 spiro atoms. The minimum Gasteiger partial charge on any atom is -0.384 e. The minimum absolute atomic E-state index is 0.0355. The van der Waals surface area contributed by atoms with Crippen molar-refractivity contribution < 1.29 is 8.42 Å². The Labute approximate surface area is 95.4 Å². The van der Waals surface area contributed by atoms with Crippen molar-refractivity contribution in [1.29, 1.82) is 5.41 Å². The molecule has 0 radical (unpaired) electrons. The van der Waals surface area contributed by atoms with Crippen LogP contribution in [0.5, 0.6) is 0 Å². The van der Waals surface area contributed by atoms with Crippen molar-refractivity contribution in [3.8, 4) is 0 Å². The molecule has 0 heterocycles. The van der Waals surface area contributed by atoms with Gasteiger partial charge in [0.2, 0.25) is 10.0 Å². The zero-order valence-electron chi connectivity index (χ0n) is 9.27. The predicted octanol–water partition coefficient (Wildman–Crippen LogP) is 0.757. The lowest BCUT2D eigenvalue weighted by Crippen LogP contribution is -2.28. The van der Waals surface area contributed by atoms with E-state index in [4.69, 9.17) is 11.1 Å². The molecule has 6 heteroatoms. The molecule has 0 saturated carbocycles. The lowest BCUT2D eigenvalue weighted by molar-refractivity contribution is 0.595. The summed E-state index contributed by atoms with van der Waals surface area (Å²) in [6.07, 6.45) is 0. The average Bonchev–Trinajstić information content (AvgIpc) is 2.28. The van der Waals surface area contributed by atoms with E-state index in [1.54, 1.807) is 31.2 Å². The number of nitrogens with one attached hydrogen (secondary N) is 1. The fourth-order valence-corrected chi connectivity index (χ4v) is 2.05. The molecule has 0 amide bonds. The minimum atomic E-state index is -3.27. The van der Waals surface area contributed by atoms with Crippen LogP contribution in [0.4, 0.5) is 5.69 Å². The molecular weight excluding hydrogens is 226 g/mol. The zero-order chi connectivity index (χ0) is 12.3. The summed E-state index contributed by atoms with van der Waals surface area (Å²) in [4.78, 5) is 0. The number of nitrogens with two attached hydrogens (primary N) is 1. The summed E-state index contributed by atoms with van der Waals surface area (Å²) < 4.78 is 24.4. The number of sulfonamides is 1. The van der Waals surface area contributed by atoms with Gasteiger partial charge in [0, 0.05) is 12.6 Å². The van der Waals surface area contributed by atoms with Crippen molar-refractivity contribution in [1.82, 2.24) is 0 Å². The van der Waals surface area contributed by atoms with Crippen LogP contribution in [0.2, 0.25) is 0 Å². The fraction of sp³-hybridized carbons (Fsp3) is 0.300. The Morgan fingerprint density at radius 3 is 2.62 bits per heavy atom. The first kappa shape index (κ1) is 12.5. The zero-order valence-corrected chi connectivity index (χ0v) is 10.1. The molecule has 5 nitrogen and oxygen atoms in total. The van der Waals surface area contributed by atoms with Gasteiger partial charge in [0.15, 0.2) is 0 Å². The van der Waals surface area contributed by atoms with E-state index < -0.39 is 10.0 Å². The second-order valence-corrected chi connectivity index (χ2v) is 5.62. The standard InChI is InChI=1S/C10H15N3O2S/c1-3-16(14,15)13(2)9-6-4-5-8(7-9)10(11)12/h4-7H,3H2,1-2H3,(H3,11,12). The summed E-state index contributed by atoms with van der Waals surface area (Å²) >= 11 is 0. The van der Waals surface area contributed by atoms with E-state index in [9.17, 15) is 8.42 Å². The van der Waals surface area contributed by atoms with E-state index in [1.165, 1.54) is 11.4 Å². The predicted molar refractivity (Wildman–Crippen MR) is 65.3 cm³/mol. The lowest BCUT2D eigenvalue weighted by Gasteiger charge is -2.18. The Bertz CT molecular complexity index is 497. The number of hydrogen-bond acceptors (Lipinski definition) is 3. The van der Waals surface area contributed by atoms with E-state index in [0.717, 1.165) is 0 Å². The van der Waals surface area contributed by atoms with Gasteiger partial charge in [0.1, 0.15) is 5.84 Å². The van der Waals surface area contributed by atoms with Crippen LogP contribution in [0.3, 0.4) is 0 Å².